The highest BCUT2D eigenvalue weighted by molar-refractivity contribution is 5.95. The Morgan fingerprint density at radius 1 is 0.852 bits per heavy atom. The molecule has 0 unspecified atom stereocenters. The van der Waals surface area contributed by atoms with Crippen LogP contribution in [0, 0.1) is 12.8 Å². The number of rotatable bonds is 2. The van der Waals surface area contributed by atoms with Gasteiger partial charge in [0.2, 0.25) is 11.8 Å². The summed E-state index contributed by atoms with van der Waals surface area (Å²) in [6.45, 7) is 7.40. The van der Waals surface area contributed by atoms with Gasteiger partial charge in [0.1, 0.15) is 0 Å². The lowest BCUT2D eigenvalue weighted by molar-refractivity contribution is -0.140. The van der Waals surface area contributed by atoms with Crippen LogP contribution in [0.25, 0.3) is 0 Å². The fourth-order valence-corrected chi connectivity index (χ4v) is 4.02. The summed E-state index contributed by atoms with van der Waals surface area (Å²) in [5.74, 6) is 0.320. The first-order chi connectivity index (χ1) is 13.0. The lowest BCUT2D eigenvalue weighted by atomic mass is 9.95. The summed E-state index contributed by atoms with van der Waals surface area (Å²) in [6, 6.07) is 7.65. The van der Waals surface area contributed by atoms with E-state index >= 15 is 0 Å². The number of benzene rings is 1. The summed E-state index contributed by atoms with van der Waals surface area (Å²) in [5.41, 5.74) is 1.73. The fraction of sp³-hybridized carbons (Fsp3) is 0.571. The van der Waals surface area contributed by atoms with E-state index in [4.69, 9.17) is 0 Å². The summed E-state index contributed by atoms with van der Waals surface area (Å²) < 4.78 is 0. The molecule has 3 rings (SSSR count). The van der Waals surface area contributed by atoms with Crippen LogP contribution in [0.2, 0.25) is 0 Å². The van der Waals surface area contributed by atoms with Crippen molar-refractivity contribution in [1.29, 1.82) is 0 Å². The Labute approximate surface area is 161 Å². The van der Waals surface area contributed by atoms with Crippen molar-refractivity contribution in [2.24, 2.45) is 5.92 Å². The van der Waals surface area contributed by atoms with Crippen molar-refractivity contribution in [1.82, 2.24) is 14.7 Å². The van der Waals surface area contributed by atoms with Gasteiger partial charge in [-0.2, -0.15) is 0 Å². The molecule has 6 heteroatoms. The van der Waals surface area contributed by atoms with E-state index in [0.29, 0.717) is 39.3 Å². The van der Waals surface area contributed by atoms with E-state index < -0.39 is 0 Å². The molecule has 0 radical (unpaired) electrons. The van der Waals surface area contributed by atoms with Crippen LogP contribution >= 0.6 is 0 Å². The normalized spacial score (nSPS) is 19.0. The average Bonchev–Trinajstić information content (AvgIpc) is 2.93. The smallest absolute Gasteiger partial charge is 0.254 e. The van der Waals surface area contributed by atoms with E-state index in [9.17, 15) is 14.4 Å². The molecule has 0 spiro atoms. The van der Waals surface area contributed by atoms with E-state index in [1.165, 1.54) is 0 Å². The standard InChI is InChI=1S/C21H29N3O3/c1-16-6-3-4-7-19(16)21(27)24-11-5-10-23(14-15-24)20(26)18-8-12-22(13-9-18)17(2)25/h3-4,6-7,18H,5,8-15H2,1-2H3. The molecule has 27 heavy (non-hydrogen) atoms. The summed E-state index contributed by atoms with van der Waals surface area (Å²) in [4.78, 5) is 42.8. The number of amides is 3. The van der Waals surface area contributed by atoms with Crippen molar-refractivity contribution in [3.8, 4) is 0 Å². The molecule has 1 aromatic rings. The van der Waals surface area contributed by atoms with Crippen LogP contribution in [0.5, 0.6) is 0 Å². The monoisotopic (exact) mass is 371 g/mol. The third-order valence-corrected chi connectivity index (χ3v) is 5.76. The summed E-state index contributed by atoms with van der Waals surface area (Å²) in [6.07, 6.45) is 2.27. The van der Waals surface area contributed by atoms with Gasteiger partial charge in [-0.05, 0) is 37.8 Å². The number of likely N-dealkylation sites (tertiary alicyclic amines) is 1. The van der Waals surface area contributed by atoms with Crippen LogP contribution in [-0.2, 0) is 9.59 Å². The highest BCUT2D eigenvalue weighted by Gasteiger charge is 2.31. The van der Waals surface area contributed by atoms with Crippen LogP contribution in [0.4, 0.5) is 0 Å². The summed E-state index contributed by atoms with van der Waals surface area (Å²) in [7, 11) is 0. The molecule has 0 atom stereocenters. The van der Waals surface area contributed by atoms with E-state index in [0.717, 1.165) is 30.4 Å². The maximum atomic E-state index is 12.9. The van der Waals surface area contributed by atoms with Crippen LogP contribution in [0.15, 0.2) is 24.3 Å². The minimum atomic E-state index is -0.000723. The molecule has 0 aliphatic carbocycles. The molecule has 2 aliphatic heterocycles. The second kappa shape index (κ2) is 8.55. The minimum absolute atomic E-state index is 0.000723. The van der Waals surface area contributed by atoms with Gasteiger partial charge in [-0.25, -0.2) is 0 Å². The predicted molar refractivity (Wildman–Crippen MR) is 103 cm³/mol. The quantitative estimate of drug-likeness (QED) is 0.798. The lowest BCUT2D eigenvalue weighted by Crippen LogP contribution is -2.45. The Morgan fingerprint density at radius 2 is 1.48 bits per heavy atom. The van der Waals surface area contributed by atoms with Crippen molar-refractivity contribution in [2.75, 3.05) is 39.3 Å². The Bertz CT molecular complexity index is 710. The molecule has 0 aromatic heterocycles. The fourth-order valence-electron chi connectivity index (χ4n) is 4.02. The Morgan fingerprint density at radius 3 is 2.15 bits per heavy atom. The topological polar surface area (TPSA) is 60.9 Å². The molecule has 146 valence electrons. The van der Waals surface area contributed by atoms with Gasteiger partial charge in [0, 0.05) is 57.7 Å². The summed E-state index contributed by atoms with van der Waals surface area (Å²) in [5, 5.41) is 0. The first-order valence-corrected chi connectivity index (χ1v) is 9.86. The van der Waals surface area contributed by atoms with Gasteiger partial charge in [-0.3, -0.25) is 14.4 Å². The maximum Gasteiger partial charge on any atom is 0.254 e. The first-order valence-electron chi connectivity index (χ1n) is 9.86. The zero-order chi connectivity index (χ0) is 19.4. The van der Waals surface area contributed by atoms with Crippen LogP contribution in [0.3, 0.4) is 0 Å². The van der Waals surface area contributed by atoms with Gasteiger partial charge < -0.3 is 14.7 Å². The number of piperidine rings is 1. The molecule has 2 aliphatic rings. The van der Waals surface area contributed by atoms with Crippen molar-refractivity contribution >= 4 is 17.7 Å². The van der Waals surface area contributed by atoms with E-state index in [2.05, 4.69) is 0 Å². The second-order valence-electron chi connectivity index (χ2n) is 7.57. The van der Waals surface area contributed by atoms with Gasteiger partial charge in [-0.15, -0.1) is 0 Å². The van der Waals surface area contributed by atoms with Gasteiger partial charge in [0.25, 0.3) is 5.91 Å². The van der Waals surface area contributed by atoms with Crippen molar-refractivity contribution in [3.63, 3.8) is 0 Å². The first kappa shape index (κ1) is 19.4. The van der Waals surface area contributed by atoms with Gasteiger partial charge in [0.05, 0.1) is 0 Å². The van der Waals surface area contributed by atoms with Crippen LogP contribution in [0.1, 0.15) is 42.1 Å². The zero-order valence-electron chi connectivity index (χ0n) is 16.3. The second-order valence-corrected chi connectivity index (χ2v) is 7.57. The largest absolute Gasteiger partial charge is 0.343 e. The van der Waals surface area contributed by atoms with Crippen LogP contribution < -0.4 is 0 Å². The SMILES string of the molecule is CC(=O)N1CCC(C(=O)N2CCCN(C(=O)c3ccccc3C)CC2)CC1. The third-order valence-electron chi connectivity index (χ3n) is 5.76. The van der Waals surface area contributed by atoms with Crippen molar-refractivity contribution < 1.29 is 14.4 Å². The van der Waals surface area contributed by atoms with Crippen LogP contribution in [-0.4, -0.2) is 71.7 Å². The molecule has 2 saturated heterocycles. The summed E-state index contributed by atoms with van der Waals surface area (Å²) >= 11 is 0. The molecule has 3 amide bonds. The molecule has 0 saturated carbocycles. The Kier molecular flexibility index (Phi) is 6.14. The van der Waals surface area contributed by atoms with Gasteiger partial charge in [0.15, 0.2) is 0 Å². The Balaban J connectivity index is 1.57. The molecular weight excluding hydrogens is 342 g/mol. The molecule has 0 bridgehead atoms. The molecule has 2 fully saturated rings. The van der Waals surface area contributed by atoms with E-state index in [-0.39, 0.29) is 23.6 Å². The predicted octanol–water partition coefficient (Wildman–Crippen LogP) is 1.93. The molecule has 2 heterocycles. The average molecular weight is 371 g/mol. The number of hydrogen-bond donors (Lipinski definition) is 0. The number of carbonyl (C=O) groups excluding carboxylic acids is 3. The minimum Gasteiger partial charge on any atom is -0.343 e. The van der Waals surface area contributed by atoms with E-state index in [1.807, 2.05) is 45.9 Å². The van der Waals surface area contributed by atoms with Gasteiger partial charge in [-0.1, -0.05) is 18.2 Å². The van der Waals surface area contributed by atoms with Crippen molar-refractivity contribution in [2.45, 2.75) is 33.1 Å². The molecule has 0 N–H and O–H groups in total. The third kappa shape index (κ3) is 4.49. The molecule has 1 aromatic carbocycles. The van der Waals surface area contributed by atoms with Crippen molar-refractivity contribution in [3.05, 3.63) is 35.4 Å². The number of hydrogen-bond acceptors (Lipinski definition) is 3. The molecule has 6 nitrogen and oxygen atoms in total. The number of carbonyl (C=O) groups is 3. The maximum absolute atomic E-state index is 12.9. The number of nitrogens with zero attached hydrogens (tertiary/aromatic N) is 3. The van der Waals surface area contributed by atoms with Gasteiger partial charge >= 0.3 is 0 Å². The lowest BCUT2D eigenvalue weighted by Gasteiger charge is -2.33. The highest BCUT2D eigenvalue weighted by Crippen LogP contribution is 2.21. The zero-order valence-corrected chi connectivity index (χ0v) is 16.3. The Hall–Kier alpha value is -2.37. The molecular formula is C21H29N3O3. The highest BCUT2D eigenvalue weighted by atomic mass is 16.2. The number of aryl methyl sites for hydroxylation is 1. The van der Waals surface area contributed by atoms with E-state index in [1.54, 1.807) is 6.92 Å².